The van der Waals surface area contributed by atoms with Crippen molar-refractivity contribution in [2.75, 3.05) is 56.7 Å². The van der Waals surface area contributed by atoms with Crippen molar-refractivity contribution in [2.24, 2.45) is 0 Å². The van der Waals surface area contributed by atoms with Crippen LogP contribution in [0.25, 0.3) is 11.4 Å². The van der Waals surface area contributed by atoms with Crippen molar-refractivity contribution >= 4 is 23.5 Å². The standard InChI is InChI=1S/C24H26N6O5/c1-33-20-7-5-17(6-8-20)22-26-21(35-27-22)16-28-9-11-29(12-10-28)23(31)25-18-3-2-4-19(15-18)30-13-14-34-24(30)32/h2-8,15H,9-14,16H2,1H3,(H,25,31). The molecule has 2 aliphatic rings. The number of nitrogens with zero attached hydrogens (tertiary/aromatic N) is 5. The number of piperazine rings is 1. The maximum atomic E-state index is 12.8. The molecule has 11 nitrogen and oxygen atoms in total. The third-order valence-corrected chi connectivity index (χ3v) is 6.00. The Labute approximate surface area is 202 Å². The van der Waals surface area contributed by atoms with Gasteiger partial charge in [-0.1, -0.05) is 11.2 Å². The summed E-state index contributed by atoms with van der Waals surface area (Å²) in [5.41, 5.74) is 2.18. The number of nitrogens with one attached hydrogen (secondary N) is 1. The fourth-order valence-electron chi connectivity index (χ4n) is 4.06. The molecule has 2 aromatic carbocycles. The molecular formula is C24H26N6O5. The summed E-state index contributed by atoms with van der Waals surface area (Å²) < 4.78 is 15.6. The number of ether oxygens (including phenoxy) is 2. The van der Waals surface area contributed by atoms with E-state index in [0.717, 1.165) is 11.3 Å². The number of rotatable bonds is 6. The van der Waals surface area contributed by atoms with E-state index in [1.807, 2.05) is 30.3 Å². The van der Waals surface area contributed by atoms with Crippen LogP contribution < -0.4 is 15.0 Å². The van der Waals surface area contributed by atoms with Crippen LogP contribution in [0.2, 0.25) is 0 Å². The number of amides is 3. The van der Waals surface area contributed by atoms with Crippen LogP contribution >= 0.6 is 0 Å². The molecule has 3 aromatic rings. The van der Waals surface area contributed by atoms with E-state index in [2.05, 4.69) is 20.4 Å². The topological polar surface area (TPSA) is 113 Å². The smallest absolute Gasteiger partial charge is 0.414 e. The van der Waals surface area contributed by atoms with E-state index < -0.39 is 0 Å². The molecule has 0 bridgehead atoms. The lowest BCUT2D eigenvalue weighted by Crippen LogP contribution is -2.49. The largest absolute Gasteiger partial charge is 0.497 e. The van der Waals surface area contributed by atoms with Gasteiger partial charge in [0.2, 0.25) is 11.7 Å². The van der Waals surface area contributed by atoms with Crippen LogP contribution in [-0.4, -0.2) is 78.5 Å². The molecule has 0 unspecified atom stereocenters. The lowest BCUT2D eigenvalue weighted by atomic mass is 10.2. The number of aromatic nitrogens is 2. The van der Waals surface area contributed by atoms with E-state index in [1.54, 1.807) is 35.1 Å². The van der Waals surface area contributed by atoms with Gasteiger partial charge in [-0.05, 0) is 42.5 Å². The van der Waals surface area contributed by atoms with Gasteiger partial charge in [0.15, 0.2) is 0 Å². The minimum absolute atomic E-state index is 0.176. The first-order valence-corrected chi connectivity index (χ1v) is 11.4. The number of carbonyl (C=O) groups is 2. The molecule has 0 atom stereocenters. The Morgan fingerprint density at radius 3 is 2.60 bits per heavy atom. The zero-order valence-electron chi connectivity index (χ0n) is 19.3. The van der Waals surface area contributed by atoms with Crippen LogP contribution in [0, 0.1) is 0 Å². The van der Waals surface area contributed by atoms with E-state index >= 15 is 0 Å². The Kier molecular flexibility index (Phi) is 6.49. The Morgan fingerprint density at radius 2 is 1.89 bits per heavy atom. The predicted molar refractivity (Wildman–Crippen MR) is 127 cm³/mol. The van der Waals surface area contributed by atoms with Crippen molar-refractivity contribution in [2.45, 2.75) is 6.54 Å². The van der Waals surface area contributed by atoms with E-state index in [-0.39, 0.29) is 12.1 Å². The van der Waals surface area contributed by atoms with Gasteiger partial charge in [-0.25, -0.2) is 9.59 Å². The van der Waals surface area contributed by atoms with Crippen molar-refractivity contribution in [1.29, 1.82) is 0 Å². The number of hydrogen-bond acceptors (Lipinski definition) is 8. The van der Waals surface area contributed by atoms with Gasteiger partial charge in [-0.3, -0.25) is 9.80 Å². The first kappa shape index (κ1) is 22.7. The fourth-order valence-corrected chi connectivity index (χ4v) is 4.06. The van der Waals surface area contributed by atoms with E-state index in [4.69, 9.17) is 14.0 Å². The highest BCUT2D eigenvalue weighted by Crippen LogP contribution is 2.23. The number of cyclic esters (lactones) is 1. The molecule has 3 amide bonds. The molecule has 2 saturated heterocycles. The van der Waals surface area contributed by atoms with Gasteiger partial charge < -0.3 is 24.2 Å². The highest BCUT2D eigenvalue weighted by Gasteiger charge is 2.25. The molecule has 3 heterocycles. The van der Waals surface area contributed by atoms with Gasteiger partial charge in [0.1, 0.15) is 12.4 Å². The van der Waals surface area contributed by atoms with Gasteiger partial charge in [-0.2, -0.15) is 4.98 Å². The monoisotopic (exact) mass is 478 g/mol. The van der Waals surface area contributed by atoms with Crippen molar-refractivity contribution in [3.05, 3.63) is 54.4 Å². The fraction of sp³-hybridized carbons (Fsp3) is 0.333. The van der Waals surface area contributed by atoms with E-state index in [1.165, 1.54) is 0 Å². The summed E-state index contributed by atoms with van der Waals surface area (Å²) in [6.07, 6.45) is -0.373. The first-order chi connectivity index (χ1) is 17.1. The number of hydrogen-bond donors (Lipinski definition) is 1. The van der Waals surface area contributed by atoms with Crippen LogP contribution in [0.4, 0.5) is 21.0 Å². The van der Waals surface area contributed by atoms with Gasteiger partial charge in [0.25, 0.3) is 0 Å². The second-order valence-corrected chi connectivity index (χ2v) is 8.25. The third-order valence-electron chi connectivity index (χ3n) is 6.00. The molecular weight excluding hydrogens is 452 g/mol. The van der Waals surface area contributed by atoms with Gasteiger partial charge in [0, 0.05) is 43.1 Å². The summed E-state index contributed by atoms with van der Waals surface area (Å²) in [4.78, 5) is 34.6. The summed E-state index contributed by atoms with van der Waals surface area (Å²) in [7, 11) is 1.62. The number of carbonyl (C=O) groups excluding carboxylic acids is 2. The summed E-state index contributed by atoms with van der Waals surface area (Å²) in [6.45, 7) is 3.91. The minimum atomic E-state index is -0.373. The van der Waals surface area contributed by atoms with Crippen LogP contribution in [-0.2, 0) is 11.3 Å². The molecule has 35 heavy (non-hydrogen) atoms. The molecule has 0 aliphatic carbocycles. The molecule has 0 spiro atoms. The van der Waals surface area contributed by atoms with Crippen molar-refractivity contribution in [3.63, 3.8) is 0 Å². The lowest BCUT2D eigenvalue weighted by molar-refractivity contribution is 0.133. The number of methoxy groups -OCH3 is 1. The predicted octanol–water partition coefficient (Wildman–Crippen LogP) is 3.05. The quantitative estimate of drug-likeness (QED) is 0.575. The second-order valence-electron chi connectivity index (χ2n) is 8.25. The first-order valence-electron chi connectivity index (χ1n) is 11.4. The van der Waals surface area contributed by atoms with Gasteiger partial charge >= 0.3 is 12.1 Å². The second kappa shape index (κ2) is 10.0. The Bertz CT molecular complexity index is 1190. The molecule has 5 rings (SSSR count). The van der Waals surface area contributed by atoms with E-state index in [0.29, 0.717) is 69.0 Å². The number of benzene rings is 2. The molecule has 1 N–H and O–H groups in total. The van der Waals surface area contributed by atoms with Crippen LogP contribution in [0.5, 0.6) is 5.75 Å². The van der Waals surface area contributed by atoms with Gasteiger partial charge in [0.05, 0.1) is 20.2 Å². The molecule has 2 aliphatic heterocycles. The minimum Gasteiger partial charge on any atom is -0.497 e. The van der Waals surface area contributed by atoms with E-state index in [9.17, 15) is 9.59 Å². The summed E-state index contributed by atoms with van der Waals surface area (Å²) in [5.74, 6) is 1.83. The molecule has 1 aromatic heterocycles. The maximum Gasteiger partial charge on any atom is 0.414 e. The Balaban J connectivity index is 1.12. The Hall–Kier alpha value is -4.12. The highest BCUT2D eigenvalue weighted by atomic mass is 16.6. The molecule has 0 radical (unpaired) electrons. The highest BCUT2D eigenvalue weighted by molar-refractivity contribution is 5.93. The van der Waals surface area contributed by atoms with Crippen LogP contribution in [0.1, 0.15) is 5.89 Å². The van der Waals surface area contributed by atoms with Crippen LogP contribution in [0.3, 0.4) is 0 Å². The summed E-state index contributed by atoms with van der Waals surface area (Å²) >= 11 is 0. The summed E-state index contributed by atoms with van der Waals surface area (Å²) in [5, 5.41) is 7.00. The SMILES string of the molecule is COc1ccc(-c2noc(CN3CCN(C(=O)Nc4cccc(N5CCOC5=O)c4)CC3)n2)cc1. The molecule has 0 saturated carbocycles. The lowest BCUT2D eigenvalue weighted by Gasteiger charge is -2.33. The Morgan fingerprint density at radius 1 is 1.09 bits per heavy atom. The molecule has 11 heteroatoms. The number of anilines is 2. The molecule has 2 fully saturated rings. The third kappa shape index (κ3) is 5.19. The van der Waals surface area contributed by atoms with Crippen LogP contribution in [0.15, 0.2) is 53.1 Å². The van der Waals surface area contributed by atoms with Crippen molar-refractivity contribution in [3.8, 4) is 17.1 Å². The van der Waals surface area contributed by atoms with Gasteiger partial charge in [-0.15, -0.1) is 0 Å². The molecule has 182 valence electrons. The normalized spacial score (nSPS) is 16.3. The maximum absolute atomic E-state index is 12.8. The zero-order chi connectivity index (χ0) is 24.2. The van der Waals surface area contributed by atoms with Crippen molar-refractivity contribution in [1.82, 2.24) is 19.9 Å². The average molecular weight is 479 g/mol. The number of urea groups is 1. The zero-order valence-corrected chi connectivity index (χ0v) is 19.3. The summed E-state index contributed by atoms with van der Waals surface area (Å²) in [6, 6.07) is 14.5. The van der Waals surface area contributed by atoms with Crippen molar-refractivity contribution < 1.29 is 23.6 Å². The average Bonchev–Trinajstić information content (AvgIpc) is 3.53.